The molecule has 11 heteroatoms. The molecule has 2 aromatic carbocycles. The molecule has 1 heterocycles. The summed E-state index contributed by atoms with van der Waals surface area (Å²) in [7, 11) is -3.63. The van der Waals surface area contributed by atoms with Gasteiger partial charge in [0.25, 0.3) is 5.69 Å². The summed E-state index contributed by atoms with van der Waals surface area (Å²) in [6, 6.07) is 10.6. The van der Waals surface area contributed by atoms with Crippen molar-refractivity contribution >= 4 is 38.9 Å². The molecule has 1 saturated heterocycles. The predicted molar refractivity (Wildman–Crippen MR) is 113 cm³/mol. The SMILES string of the molecule is Cc1ccc(NC(=O)CN2CCN(S(=O)(=O)c3ccc(Cl)cc3)CC2)c([N+](=O)[O-])c1. The molecular weight excluding hydrogens is 432 g/mol. The Morgan fingerprint density at radius 3 is 2.37 bits per heavy atom. The molecule has 0 spiro atoms. The zero-order chi connectivity index (χ0) is 21.9. The summed E-state index contributed by atoms with van der Waals surface area (Å²) in [4.78, 5) is 25.0. The second-order valence-corrected chi connectivity index (χ2v) is 9.33. The van der Waals surface area contributed by atoms with Gasteiger partial charge in [-0.2, -0.15) is 4.31 Å². The van der Waals surface area contributed by atoms with Gasteiger partial charge in [0.1, 0.15) is 5.69 Å². The summed E-state index contributed by atoms with van der Waals surface area (Å²) in [5.41, 5.74) is 0.694. The Morgan fingerprint density at radius 2 is 1.77 bits per heavy atom. The number of nitro benzene ring substituents is 1. The number of piperazine rings is 1. The second kappa shape index (κ2) is 9.09. The van der Waals surface area contributed by atoms with Crippen LogP contribution in [-0.4, -0.2) is 61.2 Å². The third-order valence-corrected chi connectivity index (χ3v) is 6.94. The van der Waals surface area contributed by atoms with E-state index in [4.69, 9.17) is 11.6 Å². The molecule has 9 nitrogen and oxygen atoms in total. The molecule has 1 aliphatic rings. The molecule has 0 unspecified atom stereocenters. The number of anilines is 1. The number of benzene rings is 2. The van der Waals surface area contributed by atoms with Crippen LogP contribution in [-0.2, 0) is 14.8 Å². The summed E-state index contributed by atoms with van der Waals surface area (Å²) in [6.07, 6.45) is 0. The van der Waals surface area contributed by atoms with E-state index in [2.05, 4.69) is 5.32 Å². The number of aryl methyl sites for hydroxylation is 1. The van der Waals surface area contributed by atoms with E-state index in [1.165, 1.54) is 40.7 Å². The van der Waals surface area contributed by atoms with Crippen LogP contribution < -0.4 is 5.32 Å². The van der Waals surface area contributed by atoms with Gasteiger partial charge in [-0.1, -0.05) is 17.7 Å². The fourth-order valence-corrected chi connectivity index (χ4v) is 4.72. The molecule has 3 rings (SSSR count). The van der Waals surface area contributed by atoms with Crippen LogP contribution in [0, 0.1) is 17.0 Å². The van der Waals surface area contributed by atoms with Gasteiger partial charge < -0.3 is 5.32 Å². The van der Waals surface area contributed by atoms with E-state index in [-0.39, 0.29) is 35.9 Å². The maximum absolute atomic E-state index is 12.7. The highest BCUT2D eigenvalue weighted by Crippen LogP contribution is 2.25. The van der Waals surface area contributed by atoms with E-state index in [9.17, 15) is 23.3 Å². The van der Waals surface area contributed by atoms with E-state index in [1.54, 1.807) is 13.0 Å². The summed E-state index contributed by atoms with van der Waals surface area (Å²) >= 11 is 5.82. The number of nitro groups is 1. The molecule has 1 N–H and O–H groups in total. The van der Waals surface area contributed by atoms with Crippen molar-refractivity contribution in [1.29, 1.82) is 0 Å². The van der Waals surface area contributed by atoms with Gasteiger partial charge in [0.15, 0.2) is 0 Å². The Labute approximate surface area is 179 Å². The summed E-state index contributed by atoms with van der Waals surface area (Å²) < 4.78 is 26.8. The molecule has 0 aliphatic carbocycles. The van der Waals surface area contributed by atoms with Crippen molar-refractivity contribution in [3.63, 3.8) is 0 Å². The monoisotopic (exact) mass is 452 g/mol. The lowest BCUT2D eigenvalue weighted by Crippen LogP contribution is -2.50. The van der Waals surface area contributed by atoms with Crippen LogP contribution in [0.25, 0.3) is 0 Å². The predicted octanol–water partition coefficient (Wildman–Crippen LogP) is 2.50. The Balaban J connectivity index is 1.58. The number of amides is 1. The fourth-order valence-electron chi connectivity index (χ4n) is 3.17. The largest absolute Gasteiger partial charge is 0.319 e. The lowest BCUT2D eigenvalue weighted by Gasteiger charge is -2.33. The van der Waals surface area contributed by atoms with Gasteiger partial charge in [-0.05, 0) is 42.8 Å². The summed E-state index contributed by atoms with van der Waals surface area (Å²) in [6.45, 7) is 2.97. The first-order valence-electron chi connectivity index (χ1n) is 9.20. The average Bonchev–Trinajstić information content (AvgIpc) is 2.70. The molecule has 160 valence electrons. The van der Waals surface area contributed by atoms with Crippen LogP contribution in [0.2, 0.25) is 5.02 Å². The normalized spacial score (nSPS) is 15.7. The van der Waals surface area contributed by atoms with E-state index < -0.39 is 20.9 Å². The number of sulfonamides is 1. The molecule has 0 bridgehead atoms. The van der Waals surface area contributed by atoms with Crippen molar-refractivity contribution in [2.75, 3.05) is 38.0 Å². The number of hydrogen-bond donors (Lipinski definition) is 1. The van der Waals surface area contributed by atoms with Crippen LogP contribution in [0.5, 0.6) is 0 Å². The van der Waals surface area contributed by atoms with Gasteiger partial charge in [0.05, 0.1) is 16.4 Å². The Kier molecular flexibility index (Phi) is 6.71. The number of carbonyl (C=O) groups excluding carboxylic acids is 1. The number of rotatable bonds is 6. The van der Waals surface area contributed by atoms with Crippen LogP contribution in [0.4, 0.5) is 11.4 Å². The van der Waals surface area contributed by atoms with Gasteiger partial charge in [-0.3, -0.25) is 19.8 Å². The van der Waals surface area contributed by atoms with Crippen LogP contribution in [0.15, 0.2) is 47.4 Å². The molecular formula is C19H21ClN4O5S. The first kappa shape index (κ1) is 22.2. The molecule has 1 amide bonds. The fraction of sp³-hybridized carbons (Fsp3) is 0.316. The van der Waals surface area contributed by atoms with Crippen molar-refractivity contribution in [2.45, 2.75) is 11.8 Å². The van der Waals surface area contributed by atoms with Crippen molar-refractivity contribution in [1.82, 2.24) is 9.21 Å². The molecule has 0 saturated carbocycles. The van der Waals surface area contributed by atoms with Gasteiger partial charge in [-0.25, -0.2) is 8.42 Å². The first-order chi connectivity index (χ1) is 14.2. The highest BCUT2D eigenvalue weighted by Gasteiger charge is 2.29. The summed E-state index contributed by atoms with van der Waals surface area (Å²) in [5, 5.41) is 14.2. The standard InChI is InChI=1S/C19H21ClN4O5S/c1-14-2-7-17(18(12-14)24(26)27)21-19(25)13-22-8-10-23(11-9-22)30(28,29)16-5-3-15(20)4-6-16/h2-7,12H,8-11,13H2,1H3,(H,21,25). The van der Waals surface area contributed by atoms with Crippen molar-refractivity contribution in [3.8, 4) is 0 Å². The average molecular weight is 453 g/mol. The van der Waals surface area contributed by atoms with E-state index in [0.29, 0.717) is 18.1 Å². The molecule has 1 fully saturated rings. The first-order valence-corrected chi connectivity index (χ1v) is 11.0. The Hall–Kier alpha value is -2.53. The van der Waals surface area contributed by atoms with Crippen LogP contribution in [0.1, 0.15) is 5.56 Å². The third kappa shape index (κ3) is 5.14. The van der Waals surface area contributed by atoms with Gasteiger partial charge in [0.2, 0.25) is 15.9 Å². The van der Waals surface area contributed by atoms with E-state index in [1.807, 2.05) is 4.90 Å². The molecule has 0 aromatic heterocycles. The number of carbonyl (C=O) groups is 1. The van der Waals surface area contributed by atoms with E-state index >= 15 is 0 Å². The topological polar surface area (TPSA) is 113 Å². The van der Waals surface area contributed by atoms with Gasteiger partial charge in [-0.15, -0.1) is 0 Å². The van der Waals surface area contributed by atoms with Crippen LogP contribution >= 0.6 is 11.6 Å². The Bertz CT molecular complexity index is 1050. The second-order valence-electron chi connectivity index (χ2n) is 6.96. The van der Waals surface area contributed by atoms with Crippen molar-refractivity contribution in [3.05, 3.63) is 63.2 Å². The number of hydrogen-bond acceptors (Lipinski definition) is 6. The van der Waals surface area contributed by atoms with Gasteiger partial charge >= 0.3 is 0 Å². The maximum Gasteiger partial charge on any atom is 0.293 e. The minimum Gasteiger partial charge on any atom is -0.319 e. The third-order valence-electron chi connectivity index (χ3n) is 4.77. The zero-order valence-corrected chi connectivity index (χ0v) is 17.8. The quantitative estimate of drug-likeness (QED) is 0.532. The minimum absolute atomic E-state index is 0.0138. The molecule has 30 heavy (non-hydrogen) atoms. The molecule has 1 aliphatic heterocycles. The van der Waals surface area contributed by atoms with Crippen LogP contribution in [0.3, 0.4) is 0 Å². The molecule has 0 atom stereocenters. The number of nitrogens with zero attached hydrogens (tertiary/aromatic N) is 3. The Morgan fingerprint density at radius 1 is 1.13 bits per heavy atom. The van der Waals surface area contributed by atoms with Crippen molar-refractivity contribution < 1.29 is 18.1 Å². The lowest BCUT2D eigenvalue weighted by molar-refractivity contribution is -0.384. The zero-order valence-electron chi connectivity index (χ0n) is 16.2. The highest BCUT2D eigenvalue weighted by molar-refractivity contribution is 7.89. The summed E-state index contributed by atoms with van der Waals surface area (Å²) in [5.74, 6) is -0.393. The van der Waals surface area contributed by atoms with Crippen molar-refractivity contribution in [2.24, 2.45) is 0 Å². The lowest BCUT2D eigenvalue weighted by atomic mass is 10.2. The molecule has 2 aromatic rings. The molecule has 0 radical (unpaired) electrons. The van der Waals surface area contributed by atoms with E-state index in [0.717, 1.165) is 5.56 Å². The highest BCUT2D eigenvalue weighted by atomic mass is 35.5. The minimum atomic E-state index is -3.63. The number of halogens is 1. The van der Waals surface area contributed by atoms with Gasteiger partial charge in [0, 0.05) is 37.3 Å². The maximum atomic E-state index is 12.7. The number of nitrogens with one attached hydrogen (secondary N) is 1. The smallest absolute Gasteiger partial charge is 0.293 e.